The molecule has 0 atom stereocenters. The first-order valence-corrected chi connectivity index (χ1v) is 8.92. The summed E-state index contributed by atoms with van der Waals surface area (Å²) in [4.78, 5) is 0. The predicted molar refractivity (Wildman–Crippen MR) is 54.5 cm³/mol. The normalized spacial score (nSPS) is 8.45. The average molecular weight is 236 g/mol. The van der Waals surface area contributed by atoms with Crippen LogP contribution in [-0.2, 0) is 0 Å². The molecule has 0 radical (unpaired) electrons. The highest BCUT2D eigenvalue weighted by Crippen LogP contribution is 1.97. The summed E-state index contributed by atoms with van der Waals surface area (Å²) in [6.45, 7) is 2.53. The summed E-state index contributed by atoms with van der Waals surface area (Å²) in [5.41, 5.74) is 0. The van der Waals surface area contributed by atoms with Gasteiger partial charge in [0.2, 0.25) is 0 Å². The van der Waals surface area contributed by atoms with Crippen LogP contribution in [-0.4, -0.2) is 23.1 Å². The van der Waals surface area contributed by atoms with Crippen molar-refractivity contribution in [2.75, 3.05) is 6.61 Å². The van der Waals surface area contributed by atoms with E-state index in [1.165, 1.54) is 19.3 Å². The number of unbranched alkanes of at least 4 members (excludes halogenated alkanes) is 3. The number of halogens is 3. The summed E-state index contributed by atoms with van der Waals surface area (Å²) in [5, 5.41) is 8.29. The summed E-state index contributed by atoms with van der Waals surface area (Å²) in [6, 6.07) is 0. The molecule has 0 spiro atoms. The zero-order valence-electron chi connectivity index (χ0n) is 6.69. The molecule has 0 aliphatic rings. The topological polar surface area (TPSA) is 20.2 Å². The molecule has 0 unspecified atom stereocenters. The Labute approximate surface area is 85.6 Å². The third-order valence-electron chi connectivity index (χ3n) is 1.01. The van der Waals surface area contributed by atoms with E-state index in [0.29, 0.717) is 6.61 Å². The Kier molecular flexibility index (Phi) is 18.8. The lowest BCUT2D eigenvalue weighted by atomic mass is 10.2. The standard InChI is InChI=1S/C6H14O.Al.3ClH/c1-2-3-4-5-6-7;;;;/h7H,2-6H2,1H3;;3*1H/q;+3;;;/p-3. The van der Waals surface area contributed by atoms with Crippen LogP contribution in [0.1, 0.15) is 32.6 Å². The van der Waals surface area contributed by atoms with Crippen LogP contribution in [0.4, 0.5) is 0 Å². The van der Waals surface area contributed by atoms with Crippen molar-refractivity contribution in [1.82, 2.24) is 0 Å². The van der Waals surface area contributed by atoms with Crippen molar-refractivity contribution < 1.29 is 5.11 Å². The smallest absolute Gasteiger partial charge is 0.396 e. The monoisotopic (exact) mass is 234 g/mol. The number of hydrogen-bond donors (Lipinski definition) is 1. The maximum absolute atomic E-state index is 8.29. The van der Waals surface area contributed by atoms with Gasteiger partial charge in [-0.1, -0.05) is 26.2 Å². The van der Waals surface area contributed by atoms with Crippen molar-refractivity contribution in [2.24, 2.45) is 0 Å². The highest BCUT2D eigenvalue weighted by molar-refractivity contribution is 7.54. The Morgan fingerprint density at radius 1 is 1.09 bits per heavy atom. The Morgan fingerprint density at radius 3 is 1.82 bits per heavy atom. The highest BCUT2D eigenvalue weighted by atomic mass is 35.8. The summed E-state index contributed by atoms with van der Waals surface area (Å²) in [5.74, 6) is 0. The predicted octanol–water partition coefficient (Wildman–Crippen LogP) is 3.25. The number of rotatable bonds is 4. The molecule has 0 bridgehead atoms. The van der Waals surface area contributed by atoms with Crippen LogP contribution >= 0.6 is 30.1 Å². The van der Waals surface area contributed by atoms with Crippen molar-refractivity contribution >= 4 is 41.5 Å². The first-order valence-electron chi connectivity index (χ1n) is 3.68. The van der Waals surface area contributed by atoms with Crippen LogP contribution in [0.3, 0.4) is 0 Å². The molecule has 0 aromatic carbocycles. The Balaban J connectivity index is 0. The molecule has 0 aromatic rings. The summed E-state index contributed by atoms with van der Waals surface area (Å²) >= 11 is -1.72. The third kappa shape index (κ3) is 34.6. The van der Waals surface area contributed by atoms with Crippen LogP contribution in [0.2, 0.25) is 0 Å². The van der Waals surface area contributed by atoms with Gasteiger partial charge >= 0.3 is 11.4 Å². The molecule has 0 rings (SSSR count). The van der Waals surface area contributed by atoms with E-state index in [1.807, 2.05) is 0 Å². The van der Waals surface area contributed by atoms with E-state index in [4.69, 9.17) is 35.3 Å². The minimum absolute atomic E-state index is 0.361. The third-order valence-corrected chi connectivity index (χ3v) is 1.01. The fourth-order valence-corrected chi connectivity index (χ4v) is 0.539. The first-order chi connectivity index (χ1) is 5.15. The maximum atomic E-state index is 8.29. The van der Waals surface area contributed by atoms with Crippen molar-refractivity contribution in [3.8, 4) is 0 Å². The second-order valence-corrected chi connectivity index (χ2v) is 8.47. The van der Waals surface area contributed by atoms with E-state index in [1.54, 1.807) is 0 Å². The molecule has 11 heavy (non-hydrogen) atoms. The molecule has 0 aliphatic carbocycles. The van der Waals surface area contributed by atoms with Crippen molar-refractivity contribution in [3.05, 3.63) is 0 Å². The summed E-state index contributed by atoms with van der Waals surface area (Å²) < 4.78 is 0. The zero-order valence-corrected chi connectivity index (χ0v) is 10.1. The SMILES string of the molecule is CCCCCCO.[Cl][Al]([Cl])[Cl]. The van der Waals surface area contributed by atoms with Crippen LogP contribution in [0.5, 0.6) is 0 Å². The van der Waals surface area contributed by atoms with Crippen molar-refractivity contribution in [3.63, 3.8) is 0 Å². The van der Waals surface area contributed by atoms with E-state index < -0.39 is 11.4 Å². The van der Waals surface area contributed by atoms with Gasteiger partial charge < -0.3 is 5.11 Å². The fraction of sp³-hybridized carbons (Fsp3) is 1.00. The molecule has 0 saturated carbocycles. The second-order valence-electron chi connectivity index (χ2n) is 2.03. The van der Waals surface area contributed by atoms with E-state index >= 15 is 0 Å². The van der Waals surface area contributed by atoms with Crippen molar-refractivity contribution in [1.29, 1.82) is 0 Å². The number of aliphatic hydroxyl groups excluding tert-OH is 1. The molecule has 0 aromatic heterocycles. The summed E-state index contributed by atoms with van der Waals surface area (Å²) in [6.07, 6.45) is 4.68. The average Bonchev–Trinajstić information content (AvgIpc) is 1.88. The molecule has 0 saturated heterocycles. The number of aliphatic hydroxyl groups is 1. The molecule has 0 fully saturated rings. The van der Waals surface area contributed by atoms with E-state index in [-0.39, 0.29) is 0 Å². The van der Waals surface area contributed by atoms with Crippen LogP contribution in [0.25, 0.3) is 0 Å². The van der Waals surface area contributed by atoms with Gasteiger partial charge in [-0.3, -0.25) is 0 Å². The zero-order chi connectivity index (χ0) is 9.11. The van der Waals surface area contributed by atoms with Gasteiger partial charge in [-0.15, -0.1) is 0 Å². The molecular weight excluding hydrogens is 221 g/mol. The molecule has 5 heteroatoms. The molecule has 68 valence electrons. The lowest BCUT2D eigenvalue weighted by molar-refractivity contribution is 0.283. The largest absolute Gasteiger partial charge is 0.643 e. The van der Waals surface area contributed by atoms with Gasteiger partial charge in [-0.2, -0.15) is 0 Å². The Bertz CT molecular complexity index is 57.0. The quantitative estimate of drug-likeness (QED) is 0.586. The van der Waals surface area contributed by atoms with Gasteiger partial charge in [0.15, 0.2) is 0 Å². The van der Waals surface area contributed by atoms with E-state index in [2.05, 4.69) is 6.92 Å². The van der Waals surface area contributed by atoms with E-state index in [9.17, 15) is 0 Å². The lowest BCUT2D eigenvalue weighted by Gasteiger charge is -1.90. The van der Waals surface area contributed by atoms with Gasteiger partial charge in [0, 0.05) is 6.61 Å². The Morgan fingerprint density at radius 2 is 1.55 bits per heavy atom. The molecular formula is C6H14AlCl3O. The Hall–Kier alpha value is 1.36. The van der Waals surface area contributed by atoms with Gasteiger partial charge in [0.1, 0.15) is 0 Å². The number of hydrogen-bond acceptors (Lipinski definition) is 1. The maximum Gasteiger partial charge on any atom is 0.643 e. The van der Waals surface area contributed by atoms with E-state index in [0.717, 1.165) is 6.42 Å². The van der Waals surface area contributed by atoms with Crippen molar-refractivity contribution in [2.45, 2.75) is 32.6 Å². The van der Waals surface area contributed by atoms with Crippen LogP contribution in [0.15, 0.2) is 0 Å². The highest BCUT2D eigenvalue weighted by Gasteiger charge is 2.00. The minimum Gasteiger partial charge on any atom is -0.396 e. The lowest BCUT2D eigenvalue weighted by Crippen LogP contribution is -1.80. The molecule has 0 heterocycles. The molecule has 0 aliphatic heterocycles. The van der Waals surface area contributed by atoms with Gasteiger partial charge in [0.25, 0.3) is 0 Å². The minimum atomic E-state index is -1.72. The second kappa shape index (κ2) is 13.9. The fourth-order valence-electron chi connectivity index (χ4n) is 0.539. The van der Waals surface area contributed by atoms with Gasteiger partial charge in [0.05, 0.1) is 0 Å². The van der Waals surface area contributed by atoms with Crippen LogP contribution < -0.4 is 0 Å². The molecule has 1 nitrogen and oxygen atoms in total. The van der Waals surface area contributed by atoms with Gasteiger partial charge in [-0.05, 0) is 6.42 Å². The molecule has 0 amide bonds. The first kappa shape index (κ1) is 14.9. The summed E-state index contributed by atoms with van der Waals surface area (Å²) in [7, 11) is 14.8. The van der Waals surface area contributed by atoms with Gasteiger partial charge in [-0.25, -0.2) is 30.1 Å². The molecule has 1 N–H and O–H groups in total. The van der Waals surface area contributed by atoms with Crippen LogP contribution in [0, 0.1) is 0 Å².